The van der Waals surface area contributed by atoms with Crippen LogP contribution in [0.5, 0.6) is 0 Å². The van der Waals surface area contributed by atoms with Crippen LogP contribution in [0.25, 0.3) is 0 Å². The number of carbonyl (C=O) groups excluding carboxylic acids is 8. The van der Waals surface area contributed by atoms with Gasteiger partial charge in [-0.3, -0.25) is 43.2 Å². The van der Waals surface area contributed by atoms with Crippen LogP contribution in [-0.2, 0) is 47.9 Å². The average Bonchev–Trinajstić information content (AvgIpc) is 3.19. The molecule has 0 heterocycles. The van der Waals surface area contributed by atoms with E-state index in [1.807, 2.05) is 0 Å². The molecule has 0 spiro atoms. The minimum absolute atomic E-state index is 0.142. The third-order valence-corrected chi connectivity index (χ3v) is 8.83. The van der Waals surface area contributed by atoms with Crippen LogP contribution in [0.1, 0.15) is 122 Å². The molecule has 0 aliphatic carbocycles. The maximum Gasteiger partial charge on any atom is 0.326 e. The number of hydrogen-bond donors (Lipinski definition) is 11. The molecule has 0 bridgehead atoms. The highest BCUT2D eigenvalue weighted by molar-refractivity contribution is 5.94. The number of rotatable bonds is 36. The zero-order valence-corrected chi connectivity index (χ0v) is 34.1. The fourth-order valence-electron chi connectivity index (χ4n) is 5.50. The lowest BCUT2D eigenvalue weighted by Gasteiger charge is -2.18. The number of carbonyl (C=O) groups is 10. The summed E-state index contributed by atoms with van der Waals surface area (Å²) in [4.78, 5) is 118. The fourth-order valence-corrected chi connectivity index (χ4v) is 5.50. The van der Waals surface area contributed by atoms with Gasteiger partial charge in [0.2, 0.25) is 41.4 Å². The van der Waals surface area contributed by atoms with E-state index in [1.54, 1.807) is 0 Å². The van der Waals surface area contributed by atoms with Crippen molar-refractivity contribution in [3.05, 3.63) is 0 Å². The Bertz CT molecular complexity index is 1360. The highest BCUT2D eigenvalue weighted by Crippen LogP contribution is 2.14. The van der Waals surface area contributed by atoms with Gasteiger partial charge in [0, 0.05) is 19.3 Å². The van der Waals surface area contributed by atoms with Crippen molar-refractivity contribution < 1.29 is 68.4 Å². The van der Waals surface area contributed by atoms with Crippen LogP contribution >= 0.6 is 0 Å². The number of unbranched alkanes of at least 4 members (excludes halogenated alkanes) is 13. The second-order valence-corrected chi connectivity index (χ2v) is 14.1. The molecule has 3 atom stereocenters. The minimum Gasteiger partial charge on any atom is -0.481 e. The van der Waals surface area contributed by atoms with Gasteiger partial charge in [-0.1, -0.05) is 77.0 Å². The Balaban J connectivity index is 4.28. The summed E-state index contributed by atoms with van der Waals surface area (Å²) in [5, 5.41) is 52.6. The number of aliphatic hydroxyl groups excluding tert-OH is 2. The maximum atomic E-state index is 12.4. The molecule has 0 aromatic rings. The van der Waals surface area contributed by atoms with Crippen molar-refractivity contribution in [1.29, 1.82) is 0 Å². The topological polar surface area (TPSA) is 336 Å². The minimum atomic E-state index is -1.55. The summed E-state index contributed by atoms with van der Waals surface area (Å²) >= 11 is 0. The summed E-state index contributed by atoms with van der Waals surface area (Å²) in [5.74, 6) is -8.02. The largest absolute Gasteiger partial charge is 0.481 e. The van der Waals surface area contributed by atoms with Gasteiger partial charge < -0.3 is 57.6 Å². The zero-order chi connectivity index (χ0) is 44.4. The summed E-state index contributed by atoms with van der Waals surface area (Å²) < 4.78 is 0. The van der Waals surface area contributed by atoms with Gasteiger partial charge in [0.1, 0.15) is 23.9 Å². The fraction of sp³-hybridized carbons (Fsp3) is 0.737. The summed E-state index contributed by atoms with van der Waals surface area (Å²) in [5.41, 5.74) is 0. The van der Waals surface area contributed by atoms with Gasteiger partial charge in [-0.15, -0.1) is 0 Å². The summed E-state index contributed by atoms with van der Waals surface area (Å²) in [6, 6.07) is -4.37. The Hall–Kier alpha value is -5.18. The Morgan fingerprint density at radius 2 is 0.780 bits per heavy atom. The number of Topliss-reactive ketones (excluding diaryl/α,β-unsaturated/α-hetero) is 1. The molecule has 0 saturated heterocycles. The normalized spacial score (nSPS) is 12.2. The maximum absolute atomic E-state index is 12.4. The van der Waals surface area contributed by atoms with Crippen molar-refractivity contribution in [3.63, 3.8) is 0 Å². The molecule has 59 heavy (non-hydrogen) atoms. The monoisotopic (exact) mass is 843 g/mol. The van der Waals surface area contributed by atoms with E-state index < -0.39 is 104 Å². The number of amides is 7. The van der Waals surface area contributed by atoms with Crippen molar-refractivity contribution in [2.45, 2.75) is 141 Å². The summed E-state index contributed by atoms with van der Waals surface area (Å²) in [6.45, 7) is -2.69. The number of carboxylic acid groups (broad SMARTS) is 2. The van der Waals surface area contributed by atoms with Gasteiger partial charge >= 0.3 is 11.9 Å². The molecule has 0 aromatic heterocycles. The Kier molecular flexibility index (Phi) is 30.8. The van der Waals surface area contributed by atoms with Crippen LogP contribution in [0.15, 0.2) is 0 Å². The molecular formula is C38H65N7O14. The summed E-state index contributed by atoms with van der Waals surface area (Å²) in [7, 11) is 0. The smallest absolute Gasteiger partial charge is 0.326 e. The second-order valence-electron chi connectivity index (χ2n) is 14.1. The molecule has 0 radical (unpaired) electrons. The van der Waals surface area contributed by atoms with E-state index in [1.165, 1.54) is 32.6 Å². The van der Waals surface area contributed by atoms with Crippen molar-refractivity contribution >= 4 is 59.1 Å². The molecular weight excluding hydrogens is 778 g/mol. The number of carboxylic acids is 2. The van der Waals surface area contributed by atoms with Gasteiger partial charge in [0.05, 0.1) is 39.4 Å². The molecule has 0 rings (SSSR count). The molecule has 0 unspecified atom stereocenters. The van der Waals surface area contributed by atoms with Crippen LogP contribution in [0.3, 0.4) is 0 Å². The number of nitrogens with one attached hydrogen (secondary N) is 7. The average molecular weight is 844 g/mol. The predicted octanol–water partition coefficient (Wildman–Crippen LogP) is -1.33. The van der Waals surface area contributed by atoms with E-state index in [2.05, 4.69) is 37.2 Å². The summed E-state index contributed by atoms with van der Waals surface area (Å²) in [6.07, 6.45) is 14.1. The molecule has 0 saturated carbocycles. The lowest BCUT2D eigenvalue weighted by Crippen LogP contribution is -2.55. The van der Waals surface area contributed by atoms with E-state index in [9.17, 15) is 63.3 Å². The number of aliphatic hydroxyl groups is 2. The number of hydrogen-bond acceptors (Lipinski definition) is 12. The van der Waals surface area contributed by atoms with Gasteiger partial charge in [-0.25, -0.2) is 4.79 Å². The number of ketones is 1. The molecule has 0 aromatic carbocycles. The molecule has 336 valence electrons. The first kappa shape index (κ1) is 53.8. The Morgan fingerprint density at radius 1 is 0.407 bits per heavy atom. The van der Waals surface area contributed by atoms with Crippen molar-refractivity contribution in [1.82, 2.24) is 37.2 Å². The van der Waals surface area contributed by atoms with E-state index in [4.69, 9.17) is 5.11 Å². The third kappa shape index (κ3) is 30.6. The molecule has 0 aliphatic heterocycles. The standard InChI is InChI=1S/C38H65N7O14/c1-26(48)20-39-32(51)21-41-36(56)28(24-46)45-34(53)23-42-37(57)29(25-47)44-33(52)22-40-30(49)19-18-27(38(58)59)43-31(50)16-14-12-10-8-6-4-2-3-5-7-9-11-13-15-17-35(54)55/h27-29,46-47H,2-25H2,1H3,(H,39,51)(H,40,49)(H,41,56)(H,42,57)(H,43,50)(H,44,52)(H,45,53)(H,54,55)(H,58,59)/t27-,28-,29-/m0/s1. The van der Waals surface area contributed by atoms with Crippen LogP contribution in [0.4, 0.5) is 0 Å². The van der Waals surface area contributed by atoms with Crippen LogP contribution in [0.2, 0.25) is 0 Å². The molecule has 0 fully saturated rings. The Morgan fingerprint density at radius 3 is 1.19 bits per heavy atom. The highest BCUT2D eigenvalue weighted by Gasteiger charge is 2.24. The molecule has 21 heteroatoms. The zero-order valence-electron chi connectivity index (χ0n) is 34.1. The number of aliphatic carboxylic acids is 2. The first-order valence-corrected chi connectivity index (χ1v) is 20.2. The molecule has 0 aliphatic rings. The lowest BCUT2D eigenvalue weighted by atomic mass is 10.0. The van der Waals surface area contributed by atoms with E-state index in [-0.39, 0.29) is 38.0 Å². The van der Waals surface area contributed by atoms with Crippen molar-refractivity contribution in [2.75, 3.05) is 39.4 Å². The first-order chi connectivity index (χ1) is 28.1. The van der Waals surface area contributed by atoms with Crippen LogP contribution < -0.4 is 37.2 Å². The SMILES string of the molecule is CC(=O)CNC(=O)CNC(=O)[C@H](CO)NC(=O)CNC(=O)[C@H](CO)NC(=O)CNC(=O)CC[C@H](NC(=O)CCCCCCCCCCCCCCCCC(=O)O)C(=O)O. The third-order valence-electron chi connectivity index (χ3n) is 8.83. The van der Waals surface area contributed by atoms with Crippen LogP contribution in [-0.4, -0.2) is 137 Å². The molecule has 7 amide bonds. The van der Waals surface area contributed by atoms with Crippen molar-refractivity contribution in [2.24, 2.45) is 0 Å². The Labute approximate surface area is 344 Å². The van der Waals surface area contributed by atoms with Crippen molar-refractivity contribution in [3.8, 4) is 0 Å². The first-order valence-electron chi connectivity index (χ1n) is 20.2. The lowest BCUT2D eigenvalue weighted by molar-refractivity contribution is -0.142. The van der Waals surface area contributed by atoms with E-state index in [0.717, 1.165) is 57.8 Å². The van der Waals surface area contributed by atoms with E-state index in [0.29, 0.717) is 6.42 Å². The predicted molar refractivity (Wildman–Crippen MR) is 211 cm³/mol. The van der Waals surface area contributed by atoms with Gasteiger partial charge in [-0.05, 0) is 26.2 Å². The second kappa shape index (κ2) is 33.8. The van der Waals surface area contributed by atoms with Gasteiger partial charge in [0.25, 0.3) is 0 Å². The highest BCUT2D eigenvalue weighted by atomic mass is 16.4. The van der Waals surface area contributed by atoms with E-state index >= 15 is 0 Å². The van der Waals surface area contributed by atoms with Gasteiger partial charge in [0.15, 0.2) is 0 Å². The van der Waals surface area contributed by atoms with Crippen LogP contribution in [0, 0.1) is 0 Å². The molecule has 21 nitrogen and oxygen atoms in total. The molecule has 11 N–H and O–H groups in total. The van der Waals surface area contributed by atoms with Gasteiger partial charge in [-0.2, -0.15) is 0 Å². The quantitative estimate of drug-likeness (QED) is 0.0326.